The maximum atomic E-state index is 4.45. The van der Waals surface area contributed by atoms with E-state index in [4.69, 9.17) is 0 Å². The van der Waals surface area contributed by atoms with Gasteiger partial charge in [-0.2, -0.15) is 0 Å². The fraction of sp³-hybridized carbons (Fsp3) is 0.273. The van der Waals surface area contributed by atoms with E-state index in [0.29, 0.717) is 5.82 Å². The molecular weight excluding hydrogens is 329 g/mol. The molecule has 0 aliphatic rings. The number of hydrogen-bond acceptors (Lipinski definition) is 5. The Morgan fingerprint density at radius 3 is 2.82 bits per heavy atom. The number of aryl methyl sites for hydroxylation is 1. The number of rotatable bonds is 3. The fourth-order valence-electron chi connectivity index (χ4n) is 1.36. The summed E-state index contributed by atoms with van der Waals surface area (Å²) >= 11 is 2.21. The van der Waals surface area contributed by atoms with Crippen LogP contribution in [-0.2, 0) is 0 Å². The first-order chi connectivity index (χ1) is 8.20. The number of anilines is 1. The largest absolute Gasteiger partial charge is 0.369 e. The summed E-state index contributed by atoms with van der Waals surface area (Å²) in [5.41, 5.74) is 0.744. The summed E-state index contributed by atoms with van der Waals surface area (Å²) in [7, 11) is 0. The highest BCUT2D eigenvalue weighted by Gasteiger charge is 2.07. The van der Waals surface area contributed by atoms with E-state index in [9.17, 15) is 0 Å². The second kappa shape index (κ2) is 5.35. The van der Waals surface area contributed by atoms with Crippen LogP contribution in [0, 0.1) is 10.5 Å². The molecule has 88 valence electrons. The molecule has 0 aliphatic heterocycles. The molecule has 0 spiro atoms. The molecule has 2 aromatic heterocycles. The molecule has 17 heavy (non-hydrogen) atoms. The molecule has 0 unspecified atom stereocenters. The predicted molar refractivity (Wildman–Crippen MR) is 74.7 cm³/mol. The normalized spacial score (nSPS) is 10.3. The topological polar surface area (TPSA) is 63.6 Å². The summed E-state index contributed by atoms with van der Waals surface area (Å²) in [5.74, 6) is 2.18. The van der Waals surface area contributed by atoms with Crippen LogP contribution < -0.4 is 5.32 Å². The smallest absolute Gasteiger partial charge is 0.180 e. The highest BCUT2D eigenvalue weighted by molar-refractivity contribution is 14.1. The summed E-state index contributed by atoms with van der Waals surface area (Å²) in [6, 6.07) is 1.81. The zero-order valence-corrected chi connectivity index (χ0v) is 11.8. The summed E-state index contributed by atoms with van der Waals surface area (Å²) in [6.45, 7) is 4.71. The Labute approximate surface area is 113 Å². The first kappa shape index (κ1) is 12.2. The van der Waals surface area contributed by atoms with Crippen molar-refractivity contribution in [3.8, 4) is 11.5 Å². The van der Waals surface area contributed by atoms with Crippen molar-refractivity contribution in [3.63, 3.8) is 0 Å². The van der Waals surface area contributed by atoms with E-state index in [2.05, 4.69) is 47.8 Å². The molecule has 0 aromatic carbocycles. The van der Waals surface area contributed by atoms with Crippen molar-refractivity contribution in [1.82, 2.24) is 19.9 Å². The quantitative estimate of drug-likeness (QED) is 0.868. The number of halogens is 1. The SMILES string of the molecule is CCNc1nc(-c2ccnc(C)n2)ncc1I. The molecule has 0 fully saturated rings. The van der Waals surface area contributed by atoms with Gasteiger partial charge in [0.25, 0.3) is 0 Å². The Balaban J connectivity index is 2.42. The Morgan fingerprint density at radius 2 is 2.12 bits per heavy atom. The minimum Gasteiger partial charge on any atom is -0.369 e. The number of nitrogens with zero attached hydrogens (tertiary/aromatic N) is 4. The third kappa shape index (κ3) is 2.87. The van der Waals surface area contributed by atoms with Crippen LogP contribution in [0.25, 0.3) is 11.5 Å². The van der Waals surface area contributed by atoms with Crippen LogP contribution in [0.15, 0.2) is 18.5 Å². The molecule has 0 saturated carbocycles. The van der Waals surface area contributed by atoms with Crippen LogP contribution in [0.2, 0.25) is 0 Å². The summed E-state index contributed by atoms with van der Waals surface area (Å²) < 4.78 is 0.999. The van der Waals surface area contributed by atoms with E-state index in [1.54, 1.807) is 12.4 Å². The van der Waals surface area contributed by atoms with Gasteiger partial charge < -0.3 is 5.32 Å². The van der Waals surface area contributed by atoms with Crippen molar-refractivity contribution in [2.45, 2.75) is 13.8 Å². The van der Waals surface area contributed by atoms with Crippen LogP contribution in [0.4, 0.5) is 5.82 Å². The number of aromatic nitrogens is 4. The maximum absolute atomic E-state index is 4.45. The Bertz CT molecular complexity index is 529. The van der Waals surface area contributed by atoms with E-state index < -0.39 is 0 Å². The van der Waals surface area contributed by atoms with Gasteiger partial charge in [0.05, 0.1) is 3.57 Å². The van der Waals surface area contributed by atoms with E-state index in [1.165, 1.54) is 0 Å². The van der Waals surface area contributed by atoms with Crippen LogP contribution >= 0.6 is 22.6 Å². The fourth-order valence-corrected chi connectivity index (χ4v) is 1.81. The van der Waals surface area contributed by atoms with Crippen LogP contribution in [0.1, 0.15) is 12.7 Å². The minimum atomic E-state index is 0.617. The zero-order valence-electron chi connectivity index (χ0n) is 9.61. The summed E-state index contributed by atoms with van der Waals surface area (Å²) in [6.07, 6.45) is 3.50. The second-order valence-electron chi connectivity index (χ2n) is 3.41. The lowest BCUT2D eigenvalue weighted by Crippen LogP contribution is -2.04. The van der Waals surface area contributed by atoms with Crippen molar-refractivity contribution in [2.24, 2.45) is 0 Å². The van der Waals surface area contributed by atoms with Gasteiger partial charge in [-0.3, -0.25) is 0 Å². The van der Waals surface area contributed by atoms with Gasteiger partial charge in [0, 0.05) is 18.9 Å². The van der Waals surface area contributed by atoms with E-state index >= 15 is 0 Å². The van der Waals surface area contributed by atoms with E-state index in [0.717, 1.165) is 27.5 Å². The minimum absolute atomic E-state index is 0.617. The molecule has 0 amide bonds. The molecule has 0 aliphatic carbocycles. The first-order valence-corrected chi connectivity index (χ1v) is 6.35. The molecule has 1 N–H and O–H groups in total. The Kier molecular flexibility index (Phi) is 3.82. The molecule has 0 radical (unpaired) electrons. The number of nitrogens with one attached hydrogen (secondary N) is 1. The van der Waals surface area contributed by atoms with E-state index in [1.807, 2.05) is 19.9 Å². The molecule has 6 heteroatoms. The van der Waals surface area contributed by atoms with E-state index in [-0.39, 0.29) is 0 Å². The monoisotopic (exact) mass is 341 g/mol. The molecular formula is C11H12IN5. The molecule has 0 bridgehead atoms. The summed E-state index contributed by atoms with van der Waals surface area (Å²) in [4.78, 5) is 17.1. The van der Waals surface area contributed by atoms with Gasteiger partial charge >= 0.3 is 0 Å². The molecule has 0 saturated heterocycles. The lowest BCUT2D eigenvalue weighted by atomic mass is 10.3. The Hall–Kier alpha value is -1.31. The highest BCUT2D eigenvalue weighted by atomic mass is 127. The van der Waals surface area contributed by atoms with Crippen molar-refractivity contribution in [2.75, 3.05) is 11.9 Å². The average molecular weight is 341 g/mol. The highest BCUT2D eigenvalue weighted by Crippen LogP contribution is 2.18. The third-order valence-electron chi connectivity index (χ3n) is 2.09. The van der Waals surface area contributed by atoms with Crippen molar-refractivity contribution in [1.29, 1.82) is 0 Å². The van der Waals surface area contributed by atoms with Gasteiger partial charge in [-0.25, -0.2) is 19.9 Å². The lowest BCUT2D eigenvalue weighted by molar-refractivity contribution is 1.03. The molecule has 2 aromatic rings. The molecule has 0 atom stereocenters. The average Bonchev–Trinajstić information content (AvgIpc) is 2.32. The van der Waals surface area contributed by atoms with Crippen LogP contribution in [-0.4, -0.2) is 26.5 Å². The van der Waals surface area contributed by atoms with Gasteiger partial charge in [-0.05, 0) is 42.5 Å². The predicted octanol–water partition coefficient (Wildman–Crippen LogP) is 2.28. The van der Waals surface area contributed by atoms with Crippen LogP contribution in [0.5, 0.6) is 0 Å². The first-order valence-electron chi connectivity index (χ1n) is 5.27. The number of hydrogen-bond donors (Lipinski definition) is 1. The standard InChI is InChI=1S/C11H12IN5/c1-3-13-10-8(12)6-15-11(17-10)9-4-5-14-7(2)16-9/h4-6H,3H2,1-2H3,(H,13,15,17). The molecule has 5 nitrogen and oxygen atoms in total. The van der Waals surface area contributed by atoms with Crippen molar-refractivity contribution in [3.05, 3.63) is 27.9 Å². The van der Waals surface area contributed by atoms with Gasteiger partial charge in [-0.1, -0.05) is 0 Å². The van der Waals surface area contributed by atoms with Gasteiger partial charge in [-0.15, -0.1) is 0 Å². The van der Waals surface area contributed by atoms with Crippen LogP contribution in [0.3, 0.4) is 0 Å². The second-order valence-corrected chi connectivity index (χ2v) is 4.57. The lowest BCUT2D eigenvalue weighted by Gasteiger charge is -2.06. The molecule has 2 heterocycles. The zero-order chi connectivity index (χ0) is 12.3. The van der Waals surface area contributed by atoms with Gasteiger partial charge in [0.2, 0.25) is 0 Å². The molecule has 2 rings (SSSR count). The van der Waals surface area contributed by atoms with Crippen molar-refractivity contribution >= 4 is 28.4 Å². The van der Waals surface area contributed by atoms with Crippen molar-refractivity contribution < 1.29 is 0 Å². The summed E-state index contributed by atoms with van der Waals surface area (Å²) in [5, 5.41) is 3.20. The maximum Gasteiger partial charge on any atom is 0.180 e. The van der Waals surface area contributed by atoms with Gasteiger partial charge in [0.1, 0.15) is 17.3 Å². The van der Waals surface area contributed by atoms with Gasteiger partial charge in [0.15, 0.2) is 5.82 Å². The third-order valence-corrected chi connectivity index (χ3v) is 2.88. The Morgan fingerprint density at radius 1 is 1.29 bits per heavy atom.